The monoisotopic (exact) mass is 741 g/mol. The summed E-state index contributed by atoms with van der Waals surface area (Å²) in [6, 6.07) is -0.763. The normalized spacial score (nSPS) is 17.3. The summed E-state index contributed by atoms with van der Waals surface area (Å²) in [7, 11) is -4.79. The first kappa shape index (κ1) is 42.6. The van der Waals surface area contributed by atoms with Crippen LogP contribution in [0, 0.1) is 5.92 Å². The van der Waals surface area contributed by atoms with Crippen molar-refractivity contribution in [1.82, 2.24) is 26.2 Å². The number of hydrogen-bond donors (Lipinski definition) is 9. The van der Waals surface area contributed by atoms with Gasteiger partial charge < -0.3 is 47.3 Å². The number of carbonyl (C=O) groups excluding carboxylic acids is 7. The van der Waals surface area contributed by atoms with Crippen molar-refractivity contribution in [2.24, 2.45) is 17.4 Å². The highest BCUT2D eigenvalue weighted by molar-refractivity contribution is 7.46. The maximum absolute atomic E-state index is 14.0. The number of rotatable bonds is 19. The third-order valence-electron chi connectivity index (χ3n) is 7.84. The van der Waals surface area contributed by atoms with Crippen LogP contribution in [0.5, 0.6) is 5.75 Å². The van der Waals surface area contributed by atoms with E-state index in [1.54, 1.807) is 0 Å². The van der Waals surface area contributed by atoms with Crippen LogP contribution in [0.1, 0.15) is 65.4 Å². The molecule has 1 fully saturated rings. The van der Waals surface area contributed by atoms with Crippen LogP contribution in [-0.4, -0.2) is 104 Å². The van der Waals surface area contributed by atoms with Crippen molar-refractivity contribution in [3.63, 3.8) is 0 Å². The lowest BCUT2D eigenvalue weighted by atomic mass is 10.00. The average Bonchev–Trinajstić information content (AvgIpc) is 3.50. The third-order valence-corrected chi connectivity index (χ3v) is 8.29. The van der Waals surface area contributed by atoms with Gasteiger partial charge in [0.1, 0.15) is 36.0 Å². The van der Waals surface area contributed by atoms with E-state index >= 15 is 0 Å². The molecule has 6 atom stereocenters. The number of aliphatic hydroxyl groups excluding tert-OH is 1. The van der Waals surface area contributed by atoms with Crippen molar-refractivity contribution in [3.05, 3.63) is 29.8 Å². The van der Waals surface area contributed by atoms with Gasteiger partial charge in [0.25, 0.3) is 0 Å². The third kappa shape index (κ3) is 14.3. The second-order valence-electron chi connectivity index (χ2n) is 12.8. The number of phosphoric ester groups is 1. The van der Waals surface area contributed by atoms with Crippen molar-refractivity contribution in [3.8, 4) is 5.75 Å². The van der Waals surface area contributed by atoms with Gasteiger partial charge in [-0.2, -0.15) is 0 Å². The molecule has 1 aliphatic rings. The molecule has 0 radical (unpaired) electrons. The highest BCUT2D eigenvalue weighted by Gasteiger charge is 2.40. The van der Waals surface area contributed by atoms with E-state index in [-0.39, 0.29) is 50.3 Å². The van der Waals surface area contributed by atoms with Gasteiger partial charge in [-0.25, -0.2) is 4.57 Å². The first-order chi connectivity index (χ1) is 23.7. The van der Waals surface area contributed by atoms with Crippen LogP contribution in [0.15, 0.2) is 24.3 Å². The van der Waals surface area contributed by atoms with Crippen molar-refractivity contribution < 1.29 is 57.5 Å². The molecule has 0 aromatic heterocycles. The zero-order valence-electron chi connectivity index (χ0n) is 28.9. The zero-order chi connectivity index (χ0) is 38.6. The Morgan fingerprint density at radius 3 is 2.04 bits per heavy atom. The Hall–Kier alpha value is -4.58. The van der Waals surface area contributed by atoms with Gasteiger partial charge in [0, 0.05) is 26.3 Å². The number of nitrogens with one attached hydrogen (secondary N) is 4. The summed E-state index contributed by atoms with van der Waals surface area (Å²) in [6.07, 6.45) is -1.21. The Morgan fingerprint density at radius 1 is 0.922 bits per heavy atom. The van der Waals surface area contributed by atoms with E-state index in [2.05, 4.69) is 25.8 Å². The van der Waals surface area contributed by atoms with E-state index in [0.717, 1.165) is 0 Å². The fraction of sp³-hybridized carbons (Fsp3) is 0.581. The Morgan fingerprint density at radius 2 is 1.53 bits per heavy atom. The molecule has 20 heteroatoms. The number of likely N-dealkylation sites (tertiary alicyclic amines) is 1. The van der Waals surface area contributed by atoms with E-state index in [4.69, 9.17) is 21.3 Å². The van der Waals surface area contributed by atoms with Crippen LogP contribution in [0.4, 0.5) is 0 Å². The zero-order valence-corrected chi connectivity index (χ0v) is 29.8. The van der Waals surface area contributed by atoms with Crippen LogP contribution in [0.3, 0.4) is 0 Å². The molecule has 0 saturated carbocycles. The Kier molecular flexibility index (Phi) is 16.0. The van der Waals surface area contributed by atoms with Crippen LogP contribution in [-0.2, 0) is 44.5 Å². The van der Waals surface area contributed by atoms with Crippen LogP contribution in [0.25, 0.3) is 0 Å². The molecule has 1 saturated heterocycles. The van der Waals surface area contributed by atoms with E-state index in [1.807, 2.05) is 13.8 Å². The largest absolute Gasteiger partial charge is 0.524 e. The fourth-order valence-corrected chi connectivity index (χ4v) is 5.89. The number of primary amides is 2. The molecule has 19 nitrogen and oxygen atoms in total. The summed E-state index contributed by atoms with van der Waals surface area (Å²) in [4.78, 5) is 109. The molecular weight excluding hydrogens is 693 g/mol. The van der Waals surface area contributed by atoms with E-state index in [1.165, 1.54) is 43.0 Å². The number of hydrogen-bond acceptors (Lipinski definition) is 10. The molecule has 1 heterocycles. The molecule has 284 valence electrons. The Balaban J connectivity index is 2.26. The Bertz CT molecular complexity index is 1480. The number of carbonyl (C=O) groups is 7. The molecule has 51 heavy (non-hydrogen) atoms. The predicted octanol–water partition coefficient (Wildman–Crippen LogP) is -2.17. The van der Waals surface area contributed by atoms with Gasteiger partial charge in [0.15, 0.2) is 0 Å². The highest BCUT2D eigenvalue weighted by atomic mass is 31.2. The number of amides is 7. The first-order valence-electron chi connectivity index (χ1n) is 16.3. The minimum Gasteiger partial charge on any atom is -0.404 e. The van der Waals surface area contributed by atoms with Crippen LogP contribution in [0.2, 0.25) is 0 Å². The lowest BCUT2D eigenvalue weighted by Crippen LogP contribution is -2.59. The number of aliphatic hydroxyl groups is 1. The lowest BCUT2D eigenvalue weighted by Gasteiger charge is -2.31. The standard InChI is InChI=1S/C31H48N7O12P/c1-16(2)14-23(36-29(44)22(34-18(4)40)15-19-7-9-20(10-8-19)50-51(47,48)49)31(46)38-13-5-6-24(38)30(45)35-21(11-12-25(32)41)28(43)37-26(17(3)39)27(33)42/h7-10,16-17,21-24,26,39H,5-6,11-15H2,1-4H3,(H2,32,41)(H2,33,42)(H,34,40)(H,35,45)(H,36,44)(H,37,43)(H2,47,48,49)/t17-,21+,22-,23-,24-,26+/m0/s1. The van der Waals surface area contributed by atoms with Gasteiger partial charge in [-0.1, -0.05) is 26.0 Å². The van der Waals surface area contributed by atoms with Gasteiger partial charge in [-0.05, 0) is 56.2 Å². The highest BCUT2D eigenvalue weighted by Crippen LogP contribution is 2.37. The van der Waals surface area contributed by atoms with E-state index in [9.17, 15) is 43.2 Å². The molecule has 1 aromatic carbocycles. The van der Waals surface area contributed by atoms with Crippen LogP contribution >= 0.6 is 7.82 Å². The maximum Gasteiger partial charge on any atom is 0.524 e. The predicted molar refractivity (Wildman–Crippen MR) is 180 cm³/mol. The van der Waals surface area contributed by atoms with Crippen molar-refractivity contribution in [2.45, 2.75) is 103 Å². The summed E-state index contributed by atoms with van der Waals surface area (Å²) in [5, 5.41) is 19.9. The van der Waals surface area contributed by atoms with Gasteiger partial charge in [-0.3, -0.25) is 43.3 Å². The lowest BCUT2D eigenvalue weighted by molar-refractivity contribution is -0.143. The molecule has 1 aromatic rings. The van der Waals surface area contributed by atoms with Crippen LogP contribution < -0.4 is 37.3 Å². The van der Waals surface area contributed by atoms with E-state index < -0.39 is 85.5 Å². The number of nitrogens with two attached hydrogens (primary N) is 2. The number of benzene rings is 1. The summed E-state index contributed by atoms with van der Waals surface area (Å²) < 4.78 is 15.7. The number of phosphoric acid groups is 1. The average molecular weight is 742 g/mol. The van der Waals surface area contributed by atoms with Crippen molar-refractivity contribution >= 4 is 49.2 Å². The van der Waals surface area contributed by atoms with Gasteiger partial charge in [0.05, 0.1) is 6.10 Å². The molecular formula is C31H48N7O12P. The molecule has 1 aliphatic heterocycles. The quantitative estimate of drug-likeness (QED) is 0.0685. The van der Waals surface area contributed by atoms with E-state index in [0.29, 0.717) is 12.0 Å². The molecule has 0 aliphatic carbocycles. The minimum atomic E-state index is -4.79. The van der Waals surface area contributed by atoms with Crippen molar-refractivity contribution in [2.75, 3.05) is 6.54 Å². The summed E-state index contributed by atoms with van der Waals surface area (Å²) in [6.45, 7) is 6.22. The smallest absolute Gasteiger partial charge is 0.404 e. The molecule has 11 N–H and O–H groups in total. The summed E-state index contributed by atoms with van der Waals surface area (Å²) >= 11 is 0. The second-order valence-corrected chi connectivity index (χ2v) is 13.9. The van der Waals surface area contributed by atoms with Gasteiger partial charge in [0.2, 0.25) is 41.4 Å². The van der Waals surface area contributed by atoms with Gasteiger partial charge in [-0.15, -0.1) is 0 Å². The molecule has 0 bridgehead atoms. The van der Waals surface area contributed by atoms with Gasteiger partial charge >= 0.3 is 7.82 Å². The topological polar surface area (TPSA) is 310 Å². The molecule has 7 amide bonds. The SMILES string of the molecule is CC(=O)N[C@@H](Cc1ccc(OP(=O)(O)O)cc1)C(=O)N[C@@H](CC(C)C)C(=O)N1CCC[C@H]1C(=O)N[C@H](CCC(N)=O)C(=O)N[C@@H](C(N)=O)[C@H](C)O. The molecule has 0 unspecified atom stereocenters. The number of nitrogens with zero attached hydrogens (tertiary/aromatic N) is 1. The fourth-order valence-electron chi connectivity index (χ4n) is 5.49. The molecule has 0 spiro atoms. The Labute approximate surface area is 294 Å². The minimum absolute atomic E-state index is 0.0562. The summed E-state index contributed by atoms with van der Waals surface area (Å²) in [5.74, 6) is -5.50. The van der Waals surface area contributed by atoms with Crippen molar-refractivity contribution in [1.29, 1.82) is 0 Å². The second kappa shape index (κ2) is 19.1. The first-order valence-corrected chi connectivity index (χ1v) is 17.8. The molecule has 2 rings (SSSR count). The maximum atomic E-state index is 14.0. The summed E-state index contributed by atoms with van der Waals surface area (Å²) in [5.41, 5.74) is 11.0.